The number of aryl methyl sites for hydroxylation is 1. The number of amides is 2. The van der Waals surface area contributed by atoms with E-state index in [4.69, 9.17) is 9.47 Å². The van der Waals surface area contributed by atoms with Crippen LogP contribution in [-0.4, -0.2) is 60.2 Å². The summed E-state index contributed by atoms with van der Waals surface area (Å²) >= 11 is 0. The van der Waals surface area contributed by atoms with E-state index in [0.29, 0.717) is 31.7 Å². The van der Waals surface area contributed by atoms with Crippen LogP contribution in [0.4, 0.5) is 4.79 Å². The number of unbranched alkanes of at least 4 members (excludes halogenated alkanes) is 3. The van der Waals surface area contributed by atoms with Crippen LogP contribution < -0.4 is 4.74 Å². The molecular formula is C28H38N2O4. The maximum atomic E-state index is 12.9. The Labute approximate surface area is 203 Å². The highest BCUT2D eigenvalue weighted by molar-refractivity contribution is 5.94. The number of hydrogen-bond acceptors (Lipinski definition) is 4. The second-order valence-corrected chi connectivity index (χ2v) is 9.78. The fraction of sp³-hybridized carbons (Fsp3) is 0.500. The summed E-state index contributed by atoms with van der Waals surface area (Å²) in [5, 5.41) is 0. The summed E-state index contributed by atoms with van der Waals surface area (Å²) in [6.45, 7) is 8.36. The molecule has 6 nitrogen and oxygen atoms in total. The number of nitrogens with zero attached hydrogens (tertiary/aromatic N) is 2. The van der Waals surface area contributed by atoms with Gasteiger partial charge in [-0.15, -0.1) is 0 Å². The molecule has 0 N–H and O–H groups in total. The summed E-state index contributed by atoms with van der Waals surface area (Å²) < 4.78 is 11.2. The fourth-order valence-corrected chi connectivity index (χ4v) is 3.91. The molecule has 0 saturated carbocycles. The van der Waals surface area contributed by atoms with Crippen molar-refractivity contribution in [2.45, 2.75) is 58.5 Å². The molecule has 0 unspecified atom stereocenters. The van der Waals surface area contributed by atoms with Crippen molar-refractivity contribution in [3.63, 3.8) is 0 Å². The van der Waals surface area contributed by atoms with E-state index in [-0.39, 0.29) is 12.0 Å². The molecule has 1 aliphatic rings. The lowest BCUT2D eigenvalue weighted by Crippen LogP contribution is -2.51. The minimum absolute atomic E-state index is 0.0220. The average Bonchev–Trinajstić information content (AvgIpc) is 2.83. The van der Waals surface area contributed by atoms with Crippen molar-refractivity contribution >= 4 is 12.0 Å². The van der Waals surface area contributed by atoms with Gasteiger partial charge in [-0.2, -0.15) is 0 Å². The van der Waals surface area contributed by atoms with E-state index in [2.05, 4.69) is 12.1 Å². The van der Waals surface area contributed by atoms with Gasteiger partial charge in [0, 0.05) is 31.7 Å². The average molecular weight is 467 g/mol. The van der Waals surface area contributed by atoms with Gasteiger partial charge in [0.15, 0.2) is 0 Å². The minimum Gasteiger partial charge on any atom is -0.494 e. The Morgan fingerprint density at radius 2 is 1.41 bits per heavy atom. The first kappa shape index (κ1) is 25.6. The van der Waals surface area contributed by atoms with E-state index in [9.17, 15) is 9.59 Å². The van der Waals surface area contributed by atoms with Crippen LogP contribution in [0.5, 0.6) is 5.75 Å². The third-order valence-electron chi connectivity index (χ3n) is 5.79. The highest BCUT2D eigenvalue weighted by atomic mass is 16.6. The maximum absolute atomic E-state index is 12.9. The molecule has 0 aliphatic carbocycles. The van der Waals surface area contributed by atoms with E-state index in [1.165, 1.54) is 12.0 Å². The molecule has 0 aromatic heterocycles. The van der Waals surface area contributed by atoms with Gasteiger partial charge in [-0.05, 0) is 69.9 Å². The summed E-state index contributed by atoms with van der Waals surface area (Å²) in [4.78, 5) is 28.6. The van der Waals surface area contributed by atoms with Gasteiger partial charge < -0.3 is 19.3 Å². The van der Waals surface area contributed by atoms with Gasteiger partial charge in [-0.1, -0.05) is 43.2 Å². The second kappa shape index (κ2) is 12.4. The number of benzene rings is 2. The van der Waals surface area contributed by atoms with Gasteiger partial charge in [0.05, 0.1) is 6.61 Å². The molecule has 6 heteroatoms. The van der Waals surface area contributed by atoms with Gasteiger partial charge in [0.25, 0.3) is 5.91 Å². The van der Waals surface area contributed by atoms with E-state index < -0.39 is 5.60 Å². The predicted octanol–water partition coefficient (Wildman–Crippen LogP) is 5.56. The summed E-state index contributed by atoms with van der Waals surface area (Å²) in [5.74, 6) is 0.955. The van der Waals surface area contributed by atoms with Crippen molar-refractivity contribution in [2.75, 3.05) is 32.8 Å². The van der Waals surface area contributed by atoms with Crippen LogP contribution >= 0.6 is 0 Å². The Morgan fingerprint density at radius 3 is 2.06 bits per heavy atom. The molecule has 0 atom stereocenters. The van der Waals surface area contributed by atoms with Gasteiger partial charge in [-0.3, -0.25) is 4.79 Å². The van der Waals surface area contributed by atoms with Crippen LogP contribution in [-0.2, 0) is 11.2 Å². The topological polar surface area (TPSA) is 59.1 Å². The van der Waals surface area contributed by atoms with Gasteiger partial charge in [0.1, 0.15) is 11.4 Å². The number of para-hydroxylation sites is 1. The quantitative estimate of drug-likeness (QED) is 0.454. The molecule has 1 fully saturated rings. The summed E-state index contributed by atoms with van der Waals surface area (Å²) in [6, 6.07) is 17.9. The first-order valence-electron chi connectivity index (χ1n) is 12.4. The number of ether oxygens (including phenoxy) is 2. The molecule has 0 bridgehead atoms. The zero-order valence-electron chi connectivity index (χ0n) is 20.8. The minimum atomic E-state index is -0.511. The molecule has 184 valence electrons. The standard InChI is InChI=1S/C28H38N2O4/c1-28(2,3)34-27(32)30-20-18-29(19-21-30)26(31)24-16-14-23(15-17-24)11-7-4-5-10-22-33-25-12-8-6-9-13-25/h6,8-9,12-17H,4-5,7,10-11,18-22H2,1-3H3. The largest absolute Gasteiger partial charge is 0.494 e. The van der Waals surface area contributed by atoms with Crippen LogP contribution in [0.15, 0.2) is 54.6 Å². The van der Waals surface area contributed by atoms with E-state index in [1.807, 2.05) is 68.1 Å². The van der Waals surface area contributed by atoms with E-state index >= 15 is 0 Å². The van der Waals surface area contributed by atoms with Gasteiger partial charge >= 0.3 is 6.09 Å². The summed E-state index contributed by atoms with van der Waals surface area (Å²) in [5.41, 5.74) is 1.45. The van der Waals surface area contributed by atoms with Crippen LogP contribution in [0.3, 0.4) is 0 Å². The summed E-state index contributed by atoms with van der Waals surface area (Å²) in [7, 11) is 0. The second-order valence-electron chi connectivity index (χ2n) is 9.78. The highest BCUT2D eigenvalue weighted by Gasteiger charge is 2.28. The number of hydrogen-bond donors (Lipinski definition) is 0. The Balaban J connectivity index is 1.32. The number of piperazine rings is 1. The van der Waals surface area contributed by atoms with Crippen LogP contribution in [0.2, 0.25) is 0 Å². The van der Waals surface area contributed by atoms with Crippen LogP contribution in [0.1, 0.15) is 62.4 Å². The lowest BCUT2D eigenvalue weighted by Gasteiger charge is -2.35. The Morgan fingerprint density at radius 1 is 0.794 bits per heavy atom. The molecule has 0 radical (unpaired) electrons. The Hall–Kier alpha value is -3.02. The van der Waals surface area contributed by atoms with E-state index in [1.54, 1.807) is 4.90 Å². The molecule has 1 aliphatic heterocycles. The Bertz CT molecular complexity index is 898. The van der Waals surface area contributed by atoms with Crippen molar-refractivity contribution in [1.82, 2.24) is 9.80 Å². The van der Waals surface area contributed by atoms with Crippen molar-refractivity contribution in [3.8, 4) is 5.75 Å². The first-order chi connectivity index (χ1) is 16.3. The first-order valence-corrected chi connectivity index (χ1v) is 12.4. The molecular weight excluding hydrogens is 428 g/mol. The molecule has 2 aromatic carbocycles. The molecule has 3 rings (SSSR count). The van der Waals surface area contributed by atoms with Crippen LogP contribution in [0, 0.1) is 0 Å². The third-order valence-corrected chi connectivity index (χ3v) is 5.79. The van der Waals surface area contributed by atoms with Crippen molar-refractivity contribution in [3.05, 3.63) is 65.7 Å². The third kappa shape index (κ3) is 8.40. The van der Waals surface area contributed by atoms with Gasteiger partial charge in [-0.25, -0.2) is 4.79 Å². The lowest BCUT2D eigenvalue weighted by atomic mass is 10.0. The van der Waals surface area contributed by atoms with Crippen molar-refractivity contribution in [2.24, 2.45) is 0 Å². The normalized spacial score (nSPS) is 14.1. The molecule has 1 saturated heterocycles. The molecule has 1 heterocycles. The molecule has 0 spiro atoms. The molecule has 2 aromatic rings. The fourth-order valence-electron chi connectivity index (χ4n) is 3.91. The SMILES string of the molecule is CC(C)(C)OC(=O)N1CCN(C(=O)c2ccc(CCCCCCOc3ccccc3)cc2)CC1. The van der Waals surface area contributed by atoms with Crippen LogP contribution in [0.25, 0.3) is 0 Å². The predicted molar refractivity (Wildman–Crippen MR) is 134 cm³/mol. The zero-order valence-corrected chi connectivity index (χ0v) is 20.8. The van der Waals surface area contributed by atoms with Gasteiger partial charge in [0.2, 0.25) is 0 Å². The number of carbonyl (C=O) groups is 2. The monoisotopic (exact) mass is 466 g/mol. The summed E-state index contributed by atoms with van der Waals surface area (Å²) in [6.07, 6.45) is 5.21. The number of carbonyl (C=O) groups excluding carboxylic acids is 2. The van der Waals surface area contributed by atoms with Crippen molar-refractivity contribution in [1.29, 1.82) is 0 Å². The number of rotatable bonds is 9. The lowest BCUT2D eigenvalue weighted by molar-refractivity contribution is 0.0141. The maximum Gasteiger partial charge on any atom is 0.410 e. The molecule has 34 heavy (non-hydrogen) atoms. The van der Waals surface area contributed by atoms with E-state index in [0.717, 1.165) is 38.0 Å². The Kier molecular flexibility index (Phi) is 9.37. The van der Waals surface area contributed by atoms with Crippen molar-refractivity contribution < 1.29 is 19.1 Å². The highest BCUT2D eigenvalue weighted by Crippen LogP contribution is 2.15. The molecule has 2 amide bonds. The smallest absolute Gasteiger partial charge is 0.410 e. The zero-order chi connectivity index (χ0) is 24.4.